The molecule has 2 unspecified atom stereocenters. The van der Waals surface area contributed by atoms with Crippen LogP contribution < -0.4 is 34.5 Å². The van der Waals surface area contributed by atoms with Gasteiger partial charge in [-0.05, 0) is 12.1 Å². The second-order valence-electron chi connectivity index (χ2n) is 4.19. The van der Waals surface area contributed by atoms with Gasteiger partial charge in [0.25, 0.3) is 0 Å². The van der Waals surface area contributed by atoms with Crippen LogP contribution in [0.25, 0.3) is 5.65 Å². The molecule has 0 amide bonds. The van der Waals surface area contributed by atoms with E-state index in [1.807, 2.05) is 0 Å². The molecule has 0 aliphatic rings. The van der Waals surface area contributed by atoms with E-state index in [-0.39, 0.29) is 46.2 Å². The molecule has 0 saturated heterocycles. The molecule has 2 heterocycles. The van der Waals surface area contributed by atoms with Crippen LogP contribution in [0.15, 0.2) is 30.6 Å². The van der Waals surface area contributed by atoms with Crippen LogP contribution in [0.5, 0.6) is 0 Å². The van der Waals surface area contributed by atoms with E-state index in [4.69, 9.17) is 14.7 Å². The standard InChI is InChI=1S/C9H12N2O7P2.Na.2H2O/c12-9(19(13,14)15,20(16,17)18)5-7-6-10-8-3-1-2-4-11(7)8;;;/h1-4,6,12H,5H2,(H2,13,14,15)(H2,16,17,18);;2*1H2/q;+1;;/p-1. The molecule has 2 aromatic heterocycles. The predicted molar refractivity (Wildman–Crippen MR) is 72.9 cm³/mol. The molecule has 126 valence electrons. The number of imidazole rings is 1. The maximum atomic E-state index is 11.2. The maximum Gasteiger partial charge on any atom is 1.00 e. The summed E-state index contributed by atoms with van der Waals surface area (Å²) in [6, 6.07) is 4.83. The average molecular weight is 380 g/mol. The molecular formula is C9H15N2NaO9P2. The van der Waals surface area contributed by atoms with Crippen molar-refractivity contribution in [2.45, 2.75) is 11.5 Å². The summed E-state index contributed by atoms with van der Waals surface area (Å²) in [6.45, 7) is 0. The zero-order valence-corrected chi connectivity index (χ0v) is 15.7. The van der Waals surface area contributed by atoms with Gasteiger partial charge in [0.15, 0.2) is 7.60 Å². The number of aliphatic hydroxyl groups is 1. The van der Waals surface area contributed by atoms with E-state index in [0.29, 0.717) is 5.65 Å². The largest absolute Gasteiger partial charge is 1.00 e. The van der Waals surface area contributed by atoms with Crippen LogP contribution in [0.2, 0.25) is 0 Å². The van der Waals surface area contributed by atoms with Gasteiger partial charge >= 0.3 is 37.2 Å². The van der Waals surface area contributed by atoms with E-state index < -0.39 is 26.7 Å². The Kier molecular flexibility index (Phi) is 9.07. The first-order valence-corrected chi connectivity index (χ1v) is 8.48. The molecule has 0 saturated carbocycles. The van der Waals surface area contributed by atoms with Crippen molar-refractivity contribution in [3.05, 3.63) is 36.3 Å². The van der Waals surface area contributed by atoms with Crippen LogP contribution in [-0.4, -0.2) is 45.2 Å². The molecule has 0 aliphatic carbocycles. The molecular weight excluding hydrogens is 365 g/mol. The molecule has 0 aliphatic heterocycles. The second-order valence-corrected chi connectivity index (χ2v) is 8.16. The van der Waals surface area contributed by atoms with Crippen molar-refractivity contribution in [3.8, 4) is 0 Å². The number of hydrogen-bond acceptors (Lipinski definition) is 5. The summed E-state index contributed by atoms with van der Waals surface area (Å²) in [5.74, 6) is 0. The first-order chi connectivity index (χ1) is 9.06. The van der Waals surface area contributed by atoms with Gasteiger partial charge in [-0.2, -0.15) is 0 Å². The van der Waals surface area contributed by atoms with Gasteiger partial charge in [-0.3, -0.25) is 4.57 Å². The van der Waals surface area contributed by atoms with Crippen LogP contribution in [-0.2, 0) is 15.6 Å². The summed E-state index contributed by atoms with van der Waals surface area (Å²) in [5, 5.41) is 6.19. The molecule has 0 fully saturated rings. The third-order valence-electron chi connectivity index (χ3n) is 2.83. The van der Waals surface area contributed by atoms with E-state index >= 15 is 0 Å². The molecule has 0 aromatic carbocycles. The molecule has 0 bridgehead atoms. The van der Waals surface area contributed by atoms with E-state index in [9.17, 15) is 19.1 Å². The fourth-order valence-corrected chi connectivity index (χ4v) is 3.77. The first-order valence-electron chi connectivity index (χ1n) is 5.29. The molecule has 2 aromatic rings. The van der Waals surface area contributed by atoms with Crippen molar-refractivity contribution in [2.75, 3.05) is 0 Å². The monoisotopic (exact) mass is 380 g/mol. The Labute approximate surface area is 152 Å². The van der Waals surface area contributed by atoms with E-state index in [1.165, 1.54) is 10.6 Å². The Morgan fingerprint density at radius 2 is 1.78 bits per heavy atom. The maximum absolute atomic E-state index is 11.2. The van der Waals surface area contributed by atoms with Gasteiger partial charge in [0.2, 0.25) is 5.08 Å². The zero-order valence-electron chi connectivity index (χ0n) is 11.9. The minimum absolute atomic E-state index is 0. The fourth-order valence-electron chi connectivity index (χ4n) is 1.73. The van der Waals surface area contributed by atoms with Crippen molar-refractivity contribution >= 4 is 20.8 Å². The van der Waals surface area contributed by atoms with E-state index in [0.717, 1.165) is 6.20 Å². The van der Waals surface area contributed by atoms with Gasteiger partial charge in [0.05, 0.1) is 0 Å². The van der Waals surface area contributed by atoms with Crippen LogP contribution >= 0.6 is 15.2 Å². The molecule has 8 N–H and O–H groups in total. The molecule has 0 radical (unpaired) electrons. The van der Waals surface area contributed by atoms with Crippen LogP contribution in [0.4, 0.5) is 0 Å². The summed E-state index contributed by atoms with van der Waals surface area (Å²) < 4.78 is 23.8. The molecule has 2 atom stereocenters. The van der Waals surface area contributed by atoms with Gasteiger partial charge < -0.3 is 44.6 Å². The second kappa shape index (κ2) is 8.30. The Hall–Kier alpha value is -0.130. The zero-order chi connectivity index (χ0) is 15.2. The summed E-state index contributed by atoms with van der Waals surface area (Å²) in [7, 11) is -11.3. The normalized spacial score (nSPS) is 16.2. The first kappa shape index (κ1) is 25.1. The molecule has 11 nitrogen and oxygen atoms in total. The van der Waals surface area contributed by atoms with Crippen LogP contribution in [0, 0.1) is 0 Å². The van der Waals surface area contributed by atoms with Gasteiger partial charge in [-0.1, -0.05) is 6.07 Å². The summed E-state index contributed by atoms with van der Waals surface area (Å²) in [4.78, 5) is 42.1. The number of fused-ring (bicyclic) bond motifs is 1. The Bertz CT molecular complexity index is 717. The summed E-state index contributed by atoms with van der Waals surface area (Å²) >= 11 is 0. The quantitative estimate of drug-likeness (QED) is 0.295. The van der Waals surface area contributed by atoms with Gasteiger partial charge in [0, 0.05) is 24.5 Å². The van der Waals surface area contributed by atoms with Crippen molar-refractivity contribution < 1.29 is 74.3 Å². The smallest absolute Gasteiger partial charge is 0.776 e. The SMILES string of the molecule is O.O.O=P([O-])(O)C(O)(Cc1cnc2ccccn12)P(=O)(O)O.[Na+]. The van der Waals surface area contributed by atoms with Gasteiger partial charge in [0.1, 0.15) is 5.65 Å². The van der Waals surface area contributed by atoms with Crippen LogP contribution in [0.3, 0.4) is 0 Å². The van der Waals surface area contributed by atoms with E-state index in [1.54, 1.807) is 18.2 Å². The Balaban J connectivity index is 0. The van der Waals surface area contributed by atoms with Crippen molar-refractivity contribution in [1.82, 2.24) is 9.38 Å². The minimum atomic E-state index is -5.73. The van der Waals surface area contributed by atoms with Crippen molar-refractivity contribution in [3.63, 3.8) is 0 Å². The Morgan fingerprint density at radius 3 is 2.26 bits per heavy atom. The summed E-state index contributed by atoms with van der Waals surface area (Å²) in [5.41, 5.74) is 0.422. The molecule has 2 rings (SSSR count). The molecule has 23 heavy (non-hydrogen) atoms. The minimum Gasteiger partial charge on any atom is -0.776 e. The van der Waals surface area contributed by atoms with Crippen LogP contribution in [0.1, 0.15) is 5.69 Å². The Morgan fingerprint density at radius 1 is 1.22 bits per heavy atom. The summed E-state index contributed by atoms with van der Waals surface area (Å²) in [6.07, 6.45) is 1.64. The predicted octanol–water partition coefficient (Wildman–Crippen LogP) is -5.40. The fraction of sp³-hybridized carbons (Fsp3) is 0.222. The third-order valence-corrected chi connectivity index (χ3v) is 6.53. The number of aromatic nitrogens is 2. The average Bonchev–Trinajstić information content (AvgIpc) is 2.70. The van der Waals surface area contributed by atoms with Crippen molar-refractivity contribution in [2.24, 2.45) is 0 Å². The number of nitrogens with zero attached hydrogens (tertiary/aromatic N) is 2. The molecule has 0 spiro atoms. The molecule has 14 heteroatoms. The van der Waals surface area contributed by atoms with Gasteiger partial charge in [-0.25, -0.2) is 4.98 Å². The van der Waals surface area contributed by atoms with Gasteiger partial charge in [-0.15, -0.1) is 0 Å². The topological polar surface area (TPSA) is 218 Å². The third kappa shape index (κ3) is 4.70. The van der Waals surface area contributed by atoms with Crippen molar-refractivity contribution in [1.29, 1.82) is 0 Å². The number of hydrogen-bond donors (Lipinski definition) is 4. The number of pyridine rings is 1. The number of rotatable bonds is 4. The van der Waals surface area contributed by atoms with E-state index in [2.05, 4.69) is 4.98 Å².